The van der Waals surface area contributed by atoms with Gasteiger partial charge in [-0.1, -0.05) is 20.3 Å². The largest absolute Gasteiger partial charge is 0.314 e. The first-order valence-electron chi connectivity index (χ1n) is 6.02. The van der Waals surface area contributed by atoms with Crippen molar-refractivity contribution in [2.24, 2.45) is 5.92 Å². The van der Waals surface area contributed by atoms with Crippen molar-refractivity contribution in [3.8, 4) is 0 Å². The molecule has 84 valence electrons. The van der Waals surface area contributed by atoms with E-state index in [0.29, 0.717) is 5.54 Å². The van der Waals surface area contributed by atoms with Gasteiger partial charge in [0.15, 0.2) is 0 Å². The number of hydrogen-bond acceptors (Lipinski definition) is 2. The summed E-state index contributed by atoms with van der Waals surface area (Å²) < 4.78 is 0. The molecule has 0 amide bonds. The van der Waals surface area contributed by atoms with Gasteiger partial charge in [0.25, 0.3) is 0 Å². The fourth-order valence-corrected chi connectivity index (χ4v) is 2.32. The monoisotopic (exact) mass is 198 g/mol. The Kier molecular flexibility index (Phi) is 4.39. The van der Waals surface area contributed by atoms with Gasteiger partial charge in [0.1, 0.15) is 0 Å². The van der Waals surface area contributed by atoms with Crippen molar-refractivity contribution >= 4 is 0 Å². The molecule has 0 spiro atoms. The van der Waals surface area contributed by atoms with Crippen molar-refractivity contribution in [2.45, 2.75) is 46.1 Å². The molecule has 1 rings (SSSR count). The quantitative estimate of drug-likeness (QED) is 0.744. The SMILES string of the molecule is CCCC(C)CN1CCNCC1(C)C. The smallest absolute Gasteiger partial charge is 0.0278 e. The van der Waals surface area contributed by atoms with Crippen molar-refractivity contribution in [2.75, 3.05) is 26.2 Å². The fraction of sp³-hybridized carbons (Fsp3) is 1.00. The molecule has 0 bridgehead atoms. The molecule has 0 aromatic rings. The van der Waals surface area contributed by atoms with E-state index in [1.165, 1.54) is 25.9 Å². The Morgan fingerprint density at radius 1 is 1.43 bits per heavy atom. The lowest BCUT2D eigenvalue weighted by molar-refractivity contribution is 0.0739. The average molecular weight is 198 g/mol. The molecule has 1 fully saturated rings. The predicted octanol–water partition coefficient (Wildman–Crippen LogP) is 2.11. The van der Waals surface area contributed by atoms with Crippen LogP contribution in [0.2, 0.25) is 0 Å². The summed E-state index contributed by atoms with van der Waals surface area (Å²) >= 11 is 0. The summed E-state index contributed by atoms with van der Waals surface area (Å²) in [5.41, 5.74) is 0.347. The highest BCUT2D eigenvalue weighted by atomic mass is 15.2. The lowest BCUT2D eigenvalue weighted by Crippen LogP contribution is -2.58. The van der Waals surface area contributed by atoms with Crippen LogP contribution < -0.4 is 5.32 Å². The summed E-state index contributed by atoms with van der Waals surface area (Å²) in [5, 5.41) is 3.47. The maximum atomic E-state index is 3.47. The summed E-state index contributed by atoms with van der Waals surface area (Å²) in [7, 11) is 0. The second-order valence-electron chi connectivity index (χ2n) is 5.33. The first-order valence-corrected chi connectivity index (χ1v) is 6.02. The van der Waals surface area contributed by atoms with Crippen LogP contribution in [0.15, 0.2) is 0 Å². The molecule has 1 atom stereocenters. The molecule has 2 heteroatoms. The van der Waals surface area contributed by atoms with E-state index in [4.69, 9.17) is 0 Å². The molecule has 0 radical (unpaired) electrons. The van der Waals surface area contributed by atoms with Crippen LogP contribution >= 0.6 is 0 Å². The molecule has 1 saturated heterocycles. The molecule has 0 aliphatic carbocycles. The molecule has 0 saturated carbocycles. The molecule has 1 aliphatic rings. The number of piperazine rings is 1. The molecule has 1 aliphatic heterocycles. The van der Waals surface area contributed by atoms with E-state index in [9.17, 15) is 0 Å². The lowest BCUT2D eigenvalue weighted by Gasteiger charge is -2.44. The van der Waals surface area contributed by atoms with Gasteiger partial charge < -0.3 is 5.32 Å². The summed E-state index contributed by atoms with van der Waals surface area (Å²) in [6.45, 7) is 14.1. The van der Waals surface area contributed by atoms with Crippen LogP contribution in [0.1, 0.15) is 40.5 Å². The third-order valence-electron chi connectivity index (χ3n) is 3.29. The fourth-order valence-electron chi connectivity index (χ4n) is 2.32. The molecule has 14 heavy (non-hydrogen) atoms. The minimum Gasteiger partial charge on any atom is -0.314 e. The van der Waals surface area contributed by atoms with E-state index >= 15 is 0 Å². The van der Waals surface area contributed by atoms with Crippen molar-refractivity contribution < 1.29 is 0 Å². The number of nitrogens with one attached hydrogen (secondary N) is 1. The van der Waals surface area contributed by atoms with Gasteiger partial charge in [-0.3, -0.25) is 4.90 Å². The zero-order valence-electron chi connectivity index (χ0n) is 10.3. The van der Waals surface area contributed by atoms with Crippen molar-refractivity contribution in [1.29, 1.82) is 0 Å². The zero-order valence-corrected chi connectivity index (χ0v) is 10.3. The predicted molar refractivity (Wildman–Crippen MR) is 62.6 cm³/mol. The molecule has 0 aromatic heterocycles. The van der Waals surface area contributed by atoms with Gasteiger partial charge in [-0.05, 0) is 26.2 Å². The Balaban J connectivity index is 2.41. The Labute approximate surface area is 89.1 Å². The second kappa shape index (κ2) is 5.13. The molecule has 1 unspecified atom stereocenters. The van der Waals surface area contributed by atoms with Crippen LogP contribution in [0.3, 0.4) is 0 Å². The number of rotatable bonds is 4. The molecule has 1 N–H and O–H groups in total. The van der Waals surface area contributed by atoms with Gasteiger partial charge in [0, 0.05) is 31.7 Å². The van der Waals surface area contributed by atoms with E-state index in [-0.39, 0.29) is 0 Å². The van der Waals surface area contributed by atoms with Gasteiger partial charge in [0.2, 0.25) is 0 Å². The van der Waals surface area contributed by atoms with Crippen LogP contribution in [0.5, 0.6) is 0 Å². The summed E-state index contributed by atoms with van der Waals surface area (Å²) in [6.07, 6.45) is 2.67. The molecular formula is C12H26N2. The van der Waals surface area contributed by atoms with Gasteiger partial charge >= 0.3 is 0 Å². The van der Waals surface area contributed by atoms with Crippen LogP contribution in [0.4, 0.5) is 0 Å². The third kappa shape index (κ3) is 3.25. The lowest BCUT2D eigenvalue weighted by atomic mass is 9.96. The maximum absolute atomic E-state index is 3.47. The normalized spacial score (nSPS) is 24.9. The Bertz CT molecular complexity index is 166. The number of hydrogen-bond donors (Lipinski definition) is 1. The van der Waals surface area contributed by atoms with E-state index < -0.39 is 0 Å². The van der Waals surface area contributed by atoms with Crippen molar-refractivity contribution in [3.05, 3.63) is 0 Å². The van der Waals surface area contributed by atoms with Crippen LogP contribution in [0.25, 0.3) is 0 Å². The van der Waals surface area contributed by atoms with E-state index in [1.54, 1.807) is 0 Å². The Morgan fingerprint density at radius 3 is 2.71 bits per heavy atom. The van der Waals surface area contributed by atoms with Gasteiger partial charge in [0.05, 0.1) is 0 Å². The van der Waals surface area contributed by atoms with Crippen LogP contribution in [0, 0.1) is 5.92 Å². The van der Waals surface area contributed by atoms with Crippen LogP contribution in [-0.4, -0.2) is 36.6 Å². The number of nitrogens with zero attached hydrogens (tertiary/aromatic N) is 1. The first-order chi connectivity index (χ1) is 6.56. The zero-order chi connectivity index (χ0) is 10.6. The summed E-state index contributed by atoms with van der Waals surface area (Å²) in [4.78, 5) is 2.64. The Morgan fingerprint density at radius 2 is 2.14 bits per heavy atom. The van der Waals surface area contributed by atoms with Gasteiger partial charge in [-0.15, -0.1) is 0 Å². The summed E-state index contributed by atoms with van der Waals surface area (Å²) in [6, 6.07) is 0. The highest BCUT2D eigenvalue weighted by Gasteiger charge is 2.29. The molecular weight excluding hydrogens is 172 g/mol. The van der Waals surface area contributed by atoms with E-state index in [0.717, 1.165) is 19.0 Å². The first kappa shape index (κ1) is 12.0. The van der Waals surface area contributed by atoms with E-state index in [1.807, 2.05) is 0 Å². The molecule has 0 aromatic carbocycles. The molecule has 2 nitrogen and oxygen atoms in total. The highest BCUT2D eigenvalue weighted by molar-refractivity contribution is 4.88. The second-order valence-corrected chi connectivity index (χ2v) is 5.33. The van der Waals surface area contributed by atoms with E-state index in [2.05, 4.69) is 37.9 Å². The third-order valence-corrected chi connectivity index (χ3v) is 3.29. The standard InChI is InChI=1S/C12H26N2/c1-5-6-11(2)9-14-8-7-13-10-12(14,3)4/h11,13H,5-10H2,1-4H3. The topological polar surface area (TPSA) is 15.3 Å². The Hall–Kier alpha value is -0.0800. The highest BCUT2D eigenvalue weighted by Crippen LogP contribution is 2.19. The van der Waals surface area contributed by atoms with Crippen molar-refractivity contribution in [1.82, 2.24) is 10.2 Å². The average Bonchev–Trinajstić information content (AvgIpc) is 2.09. The van der Waals surface area contributed by atoms with Crippen molar-refractivity contribution in [3.63, 3.8) is 0 Å². The van der Waals surface area contributed by atoms with Gasteiger partial charge in [-0.2, -0.15) is 0 Å². The van der Waals surface area contributed by atoms with Crippen LogP contribution in [-0.2, 0) is 0 Å². The molecule has 1 heterocycles. The summed E-state index contributed by atoms with van der Waals surface area (Å²) in [5.74, 6) is 0.845. The maximum Gasteiger partial charge on any atom is 0.0278 e. The van der Waals surface area contributed by atoms with Gasteiger partial charge in [-0.25, -0.2) is 0 Å². The minimum absolute atomic E-state index is 0.347. The minimum atomic E-state index is 0.347.